The molecule has 81 heavy (non-hydrogen) atoms. The third kappa shape index (κ3) is 35.0. The van der Waals surface area contributed by atoms with E-state index in [2.05, 4.69) is 36.8 Å². The SMILES string of the molecule is COOCCCNC(=O)CCC(=O)C(CC(C)C)NC(=O)C(CC(=O)CNC(=O)OCCOCCCNC(=O)CCC(=O)C(CC(C)C)NC(=O)C(CC(=O)CNC(=O)OCCOCCCN)Cc1ccccc1)Cc1ccccc1. The molecule has 2 aromatic carbocycles. The van der Waals surface area contributed by atoms with Gasteiger partial charge in [-0.25, -0.2) is 19.4 Å². The topological polar surface area (TPSA) is 324 Å². The number of hydrogen-bond acceptors (Lipinski definition) is 17. The normalized spacial score (nSPS) is 12.5. The number of alkyl carbamates (subject to hydrolysis) is 2. The number of carbonyl (C=O) groups is 10. The van der Waals surface area contributed by atoms with Gasteiger partial charge in [-0.15, -0.1) is 0 Å². The van der Waals surface area contributed by atoms with Crippen LogP contribution in [0.5, 0.6) is 0 Å². The van der Waals surface area contributed by atoms with Crippen LogP contribution in [0.25, 0.3) is 0 Å². The zero-order valence-electron chi connectivity index (χ0n) is 48.0. The molecule has 23 nitrogen and oxygen atoms in total. The van der Waals surface area contributed by atoms with Gasteiger partial charge in [0.1, 0.15) is 13.2 Å². The van der Waals surface area contributed by atoms with Crippen molar-refractivity contribution < 1.29 is 76.7 Å². The highest BCUT2D eigenvalue weighted by molar-refractivity contribution is 5.95. The summed E-state index contributed by atoms with van der Waals surface area (Å²) >= 11 is 0. The van der Waals surface area contributed by atoms with Crippen molar-refractivity contribution in [3.05, 3.63) is 71.8 Å². The molecule has 0 aromatic heterocycles. The summed E-state index contributed by atoms with van der Waals surface area (Å²) in [7, 11) is 1.39. The van der Waals surface area contributed by atoms with E-state index >= 15 is 0 Å². The number of Topliss-reactive ketones (excluding diaryl/α,β-unsaturated/α-hetero) is 4. The van der Waals surface area contributed by atoms with E-state index in [4.69, 9.17) is 29.6 Å². The average molecular weight is 1140 g/mol. The van der Waals surface area contributed by atoms with Gasteiger partial charge in [-0.05, 0) is 74.5 Å². The maximum atomic E-state index is 13.8. The van der Waals surface area contributed by atoms with Crippen LogP contribution in [0.2, 0.25) is 0 Å². The highest BCUT2D eigenvalue weighted by Gasteiger charge is 2.30. The minimum absolute atomic E-state index is 0.0106. The second kappa shape index (κ2) is 43.1. The van der Waals surface area contributed by atoms with Crippen LogP contribution >= 0.6 is 0 Å². The van der Waals surface area contributed by atoms with Crippen molar-refractivity contribution in [1.29, 1.82) is 0 Å². The zero-order chi connectivity index (χ0) is 59.6. The maximum absolute atomic E-state index is 13.8. The van der Waals surface area contributed by atoms with E-state index in [0.29, 0.717) is 58.4 Å². The summed E-state index contributed by atoms with van der Waals surface area (Å²) in [6.45, 7) is 8.90. The number of ketones is 4. The van der Waals surface area contributed by atoms with E-state index in [9.17, 15) is 47.9 Å². The number of nitrogens with one attached hydrogen (secondary N) is 6. The van der Waals surface area contributed by atoms with Gasteiger partial charge in [0, 0.05) is 76.7 Å². The summed E-state index contributed by atoms with van der Waals surface area (Å²) in [5, 5.41) is 16.0. The molecule has 8 N–H and O–H groups in total. The lowest BCUT2D eigenvalue weighted by molar-refractivity contribution is -0.272. The Morgan fingerprint density at radius 2 is 0.901 bits per heavy atom. The molecular weight excluding hydrogens is 1050 g/mol. The van der Waals surface area contributed by atoms with E-state index in [0.717, 1.165) is 11.1 Å². The molecule has 2 rings (SSSR count). The van der Waals surface area contributed by atoms with E-state index in [1.54, 1.807) is 0 Å². The molecule has 0 spiro atoms. The van der Waals surface area contributed by atoms with Gasteiger partial charge in [-0.2, -0.15) is 0 Å². The molecule has 23 heteroatoms. The highest BCUT2D eigenvalue weighted by Crippen LogP contribution is 2.18. The minimum Gasteiger partial charge on any atom is -0.447 e. The van der Waals surface area contributed by atoms with Crippen molar-refractivity contribution in [3.8, 4) is 0 Å². The molecule has 0 bridgehead atoms. The Morgan fingerprint density at radius 1 is 0.494 bits per heavy atom. The molecule has 6 amide bonds. The molecule has 0 radical (unpaired) electrons. The summed E-state index contributed by atoms with van der Waals surface area (Å²) in [6.07, 6.45) is 0.124. The number of rotatable bonds is 46. The minimum atomic E-state index is -0.904. The maximum Gasteiger partial charge on any atom is 0.407 e. The van der Waals surface area contributed by atoms with Crippen LogP contribution in [0.15, 0.2) is 60.7 Å². The van der Waals surface area contributed by atoms with Crippen LogP contribution in [0.3, 0.4) is 0 Å². The van der Waals surface area contributed by atoms with Crippen molar-refractivity contribution in [2.24, 2.45) is 29.4 Å². The first-order chi connectivity index (χ1) is 38.9. The predicted octanol–water partition coefficient (Wildman–Crippen LogP) is 3.81. The third-order valence-electron chi connectivity index (χ3n) is 12.3. The van der Waals surface area contributed by atoms with Crippen LogP contribution in [0.4, 0.5) is 9.59 Å². The number of carbonyl (C=O) groups excluding carboxylic acids is 10. The van der Waals surface area contributed by atoms with Gasteiger partial charge in [0.25, 0.3) is 0 Å². The number of nitrogens with two attached hydrogens (primary N) is 1. The molecule has 0 saturated heterocycles. The summed E-state index contributed by atoms with van der Waals surface area (Å²) in [5.74, 6) is -4.85. The fourth-order valence-corrected chi connectivity index (χ4v) is 8.13. The van der Waals surface area contributed by atoms with Gasteiger partial charge in [-0.1, -0.05) is 88.4 Å². The Balaban J connectivity index is 1.78. The first kappa shape index (κ1) is 70.4. The molecule has 452 valence electrons. The molecule has 0 fully saturated rings. The average Bonchev–Trinajstić information content (AvgIpc) is 3.45. The van der Waals surface area contributed by atoms with Gasteiger partial charge in [0.15, 0.2) is 23.1 Å². The standard InChI is InChI=1S/C58H89N7O16/c1-41(2)33-49(64-55(72)45(35-43-15-8-6-9-16-43)37-47(66)39-62-57(74)79-31-29-77-26-12-23-59)51(68)19-21-53(70)60-24-13-27-78-30-32-80-58(75)63-40-48(67)38-46(36-44-17-10-7-11-18-44)56(73)65-50(34-42(3)4)52(69)20-22-54(71)61-25-14-28-81-76-5/h6-11,15-18,41-42,45-46,49-50H,12-14,19-40,59H2,1-5H3,(H,60,70)(H,61,71)(H,62,74)(H,63,75)(H,64,72)(H,65,73). The molecule has 0 saturated carbocycles. The summed E-state index contributed by atoms with van der Waals surface area (Å²) in [6, 6.07) is 16.4. The fourth-order valence-electron chi connectivity index (χ4n) is 8.13. The van der Waals surface area contributed by atoms with Crippen LogP contribution < -0.4 is 37.6 Å². The van der Waals surface area contributed by atoms with Gasteiger partial charge in [0.05, 0.1) is 52.1 Å². The molecule has 0 heterocycles. The van der Waals surface area contributed by atoms with E-state index in [-0.39, 0.29) is 133 Å². The Morgan fingerprint density at radius 3 is 1.30 bits per heavy atom. The Bertz CT molecular complexity index is 2200. The van der Waals surface area contributed by atoms with Gasteiger partial charge in [-0.3, -0.25) is 38.4 Å². The first-order valence-corrected chi connectivity index (χ1v) is 28.0. The van der Waals surface area contributed by atoms with Gasteiger partial charge >= 0.3 is 12.2 Å². The molecule has 2 aromatic rings. The Labute approximate surface area is 476 Å². The molecule has 4 atom stereocenters. The van der Waals surface area contributed by atoms with Crippen LogP contribution in [0, 0.1) is 23.7 Å². The highest BCUT2D eigenvalue weighted by atomic mass is 17.2. The summed E-state index contributed by atoms with van der Waals surface area (Å²) < 4.78 is 21.0. The number of hydrogen-bond donors (Lipinski definition) is 7. The van der Waals surface area contributed by atoms with E-state index < -0.39 is 66.0 Å². The van der Waals surface area contributed by atoms with Crippen molar-refractivity contribution in [1.82, 2.24) is 31.9 Å². The molecular formula is C58H89N7O16. The largest absolute Gasteiger partial charge is 0.447 e. The fraction of sp³-hybridized carbons (Fsp3) is 0.621. The van der Waals surface area contributed by atoms with Gasteiger partial charge < -0.3 is 56.6 Å². The van der Waals surface area contributed by atoms with Crippen LogP contribution in [-0.2, 0) is 79.9 Å². The van der Waals surface area contributed by atoms with Crippen molar-refractivity contribution >= 4 is 58.9 Å². The smallest absolute Gasteiger partial charge is 0.407 e. The Kier molecular flexibility index (Phi) is 37.5. The summed E-state index contributed by atoms with van der Waals surface area (Å²) in [5.41, 5.74) is 7.03. The molecule has 0 aliphatic rings. The first-order valence-electron chi connectivity index (χ1n) is 28.0. The second-order valence-corrected chi connectivity index (χ2v) is 20.3. The number of amides is 6. The monoisotopic (exact) mass is 1140 g/mol. The lowest BCUT2D eigenvalue weighted by Crippen LogP contribution is -2.46. The van der Waals surface area contributed by atoms with Crippen LogP contribution in [0.1, 0.15) is 109 Å². The molecule has 0 aliphatic heterocycles. The second-order valence-electron chi connectivity index (χ2n) is 20.3. The Hall–Kier alpha value is -6.66. The molecule has 0 aliphatic carbocycles. The van der Waals surface area contributed by atoms with E-state index in [1.165, 1.54) is 7.11 Å². The number of benzene rings is 2. The third-order valence-corrected chi connectivity index (χ3v) is 12.3. The van der Waals surface area contributed by atoms with Crippen LogP contribution in [-0.4, -0.2) is 157 Å². The van der Waals surface area contributed by atoms with Crippen molar-refractivity contribution in [2.75, 3.05) is 86.1 Å². The van der Waals surface area contributed by atoms with Crippen molar-refractivity contribution in [3.63, 3.8) is 0 Å². The van der Waals surface area contributed by atoms with E-state index in [1.807, 2.05) is 88.4 Å². The zero-order valence-corrected chi connectivity index (χ0v) is 48.0. The molecule has 4 unspecified atom stereocenters. The number of ether oxygens (including phenoxy) is 4. The summed E-state index contributed by atoms with van der Waals surface area (Å²) in [4.78, 5) is 140. The predicted molar refractivity (Wildman–Crippen MR) is 300 cm³/mol. The quantitative estimate of drug-likeness (QED) is 0.0282. The van der Waals surface area contributed by atoms with Gasteiger partial charge in [0.2, 0.25) is 23.6 Å². The van der Waals surface area contributed by atoms with Crippen molar-refractivity contribution in [2.45, 2.75) is 123 Å². The lowest BCUT2D eigenvalue weighted by atomic mass is 9.91. The lowest BCUT2D eigenvalue weighted by Gasteiger charge is -2.23.